The summed E-state index contributed by atoms with van der Waals surface area (Å²) in [4.78, 5) is 10.5. The lowest BCUT2D eigenvalue weighted by Gasteiger charge is -2.06. The number of hydrogen-bond donors (Lipinski definition) is 2. The zero-order valence-corrected chi connectivity index (χ0v) is 8.42. The maximum Gasteiger partial charge on any atom is 0.255 e. The van der Waals surface area contributed by atoms with E-state index >= 15 is 0 Å². The highest BCUT2D eigenvalue weighted by atomic mass is 19.1. The monoisotopic (exact) mass is 212 g/mol. The van der Waals surface area contributed by atoms with Gasteiger partial charge in [-0.2, -0.15) is 0 Å². The van der Waals surface area contributed by atoms with E-state index in [0.717, 1.165) is 5.56 Å². The van der Waals surface area contributed by atoms with Gasteiger partial charge >= 0.3 is 0 Å². The molecule has 1 aromatic carbocycles. The Bertz CT molecular complexity index is 355. The zero-order chi connectivity index (χ0) is 11.3. The van der Waals surface area contributed by atoms with E-state index in [1.54, 1.807) is 13.1 Å². The van der Waals surface area contributed by atoms with Crippen LogP contribution < -0.4 is 15.8 Å². The predicted octanol–water partition coefficient (Wildman–Crippen LogP) is 0.409. The fourth-order valence-corrected chi connectivity index (χ4v) is 1.16. The molecule has 0 aliphatic carbocycles. The third-order valence-corrected chi connectivity index (χ3v) is 1.69. The van der Waals surface area contributed by atoms with E-state index < -0.39 is 11.7 Å². The third kappa shape index (κ3) is 3.95. The van der Waals surface area contributed by atoms with Crippen LogP contribution in [-0.2, 0) is 11.3 Å². The number of carbonyl (C=O) groups excluding carboxylic acids is 1. The fourth-order valence-electron chi connectivity index (χ4n) is 1.16. The van der Waals surface area contributed by atoms with Gasteiger partial charge < -0.3 is 15.8 Å². The molecular formula is C10H13FN2O2. The topological polar surface area (TPSA) is 64.3 Å². The molecular weight excluding hydrogens is 199 g/mol. The Labute approximate surface area is 87.2 Å². The summed E-state index contributed by atoms with van der Waals surface area (Å²) < 4.78 is 18.0. The second-order valence-electron chi connectivity index (χ2n) is 3.08. The first kappa shape index (κ1) is 11.5. The van der Waals surface area contributed by atoms with E-state index in [-0.39, 0.29) is 6.61 Å². The van der Waals surface area contributed by atoms with Crippen molar-refractivity contribution in [1.82, 2.24) is 5.32 Å². The number of amides is 1. The van der Waals surface area contributed by atoms with Crippen LogP contribution in [-0.4, -0.2) is 19.6 Å². The first-order chi connectivity index (χ1) is 7.11. The fraction of sp³-hybridized carbons (Fsp3) is 0.300. The van der Waals surface area contributed by atoms with Crippen LogP contribution in [0.4, 0.5) is 4.39 Å². The second kappa shape index (κ2) is 5.31. The largest absolute Gasteiger partial charge is 0.484 e. The maximum atomic E-state index is 13.1. The summed E-state index contributed by atoms with van der Waals surface area (Å²) >= 11 is 0. The number of nitrogens with one attached hydrogen (secondary N) is 1. The highest BCUT2D eigenvalue weighted by molar-refractivity contribution is 5.75. The van der Waals surface area contributed by atoms with Crippen molar-refractivity contribution in [3.05, 3.63) is 29.6 Å². The van der Waals surface area contributed by atoms with Crippen LogP contribution in [0.25, 0.3) is 0 Å². The van der Waals surface area contributed by atoms with Crippen molar-refractivity contribution in [2.24, 2.45) is 5.73 Å². The van der Waals surface area contributed by atoms with Gasteiger partial charge in [-0.3, -0.25) is 4.79 Å². The lowest BCUT2D eigenvalue weighted by atomic mass is 10.2. The lowest BCUT2D eigenvalue weighted by molar-refractivity contribution is -0.119. The third-order valence-electron chi connectivity index (χ3n) is 1.69. The molecule has 0 unspecified atom stereocenters. The summed E-state index contributed by atoms with van der Waals surface area (Å²) in [7, 11) is 1.76. The van der Waals surface area contributed by atoms with Crippen molar-refractivity contribution < 1.29 is 13.9 Å². The van der Waals surface area contributed by atoms with Gasteiger partial charge in [-0.15, -0.1) is 0 Å². The molecule has 0 bridgehead atoms. The van der Waals surface area contributed by atoms with Crippen molar-refractivity contribution in [1.29, 1.82) is 0 Å². The number of halogens is 1. The first-order valence-electron chi connectivity index (χ1n) is 4.47. The van der Waals surface area contributed by atoms with Crippen LogP contribution >= 0.6 is 0 Å². The van der Waals surface area contributed by atoms with E-state index in [4.69, 9.17) is 10.5 Å². The Morgan fingerprint density at radius 1 is 1.53 bits per heavy atom. The zero-order valence-electron chi connectivity index (χ0n) is 8.42. The first-order valence-corrected chi connectivity index (χ1v) is 4.47. The molecule has 0 saturated carbocycles. The number of nitrogens with two attached hydrogens (primary N) is 1. The minimum absolute atomic E-state index is 0.248. The van der Waals surface area contributed by atoms with Crippen LogP contribution in [0.3, 0.4) is 0 Å². The van der Waals surface area contributed by atoms with Gasteiger partial charge in [0.2, 0.25) is 0 Å². The summed E-state index contributed by atoms with van der Waals surface area (Å²) in [5.74, 6) is -0.685. The molecule has 1 rings (SSSR count). The van der Waals surface area contributed by atoms with E-state index in [0.29, 0.717) is 12.3 Å². The molecule has 4 nitrogen and oxygen atoms in total. The average molecular weight is 212 g/mol. The van der Waals surface area contributed by atoms with Crippen molar-refractivity contribution in [3.8, 4) is 5.75 Å². The molecule has 0 aliphatic rings. The van der Waals surface area contributed by atoms with Gasteiger partial charge in [0.25, 0.3) is 5.91 Å². The maximum absolute atomic E-state index is 13.1. The number of ether oxygens (including phenoxy) is 1. The number of primary amides is 1. The molecule has 0 saturated heterocycles. The van der Waals surface area contributed by atoms with Crippen molar-refractivity contribution in [2.45, 2.75) is 6.54 Å². The summed E-state index contributed by atoms with van der Waals surface area (Å²) in [6.45, 7) is 0.285. The summed E-state index contributed by atoms with van der Waals surface area (Å²) in [6.07, 6.45) is 0. The molecule has 5 heteroatoms. The molecule has 0 aliphatic heterocycles. The van der Waals surface area contributed by atoms with Gasteiger partial charge in [0.15, 0.2) is 6.61 Å². The Kier molecular flexibility index (Phi) is 4.05. The summed E-state index contributed by atoms with van der Waals surface area (Å²) in [5, 5.41) is 2.89. The normalized spacial score (nSPS) is 10.0. The quantitative estimate of drug-likeness (QED) is 0.743. The van der Waals surface area contributed by atoms with Gasteiger partial charge in [-0.1, -0.05) is 0 Å². The smallest absolute Gasteiger partial charge is 0.255 e. The predicted molar refractivity (Wildman–Crippen MR) is 53.9 cm³/mol. The van der Waals surface area contributed by atoms with Gasteiger partial charge in [-0.25, -0.2) is 4.39 Å². The van der Waals surface area contributed by atoms with Gasteiger partial charge in [-0.05, 0) is 24.7 Å². The van der Waals surface area contributed by atoms with Crippen molar-refractivity contribution in [2.75, 3.05) is 13.7 Å². The van der Waals surface area contributed by atoms with Crippen molar-refractivity contribution in [3.63, 3.8) is 0 Å². The molecule has 0 fully saturated rings. The highest BCUT2D eigenvalue weighted by Gasteiger charge is 2.02. The molecule has 0 radical (unpaired) electrons. The van der Waals surface area contributed by atoms with Crippen LogP contribution in [0, 0.1) is 5.82 Å². The molecule has 1 aromatic rings. The van der Waals surface area contributed by atoms with E-state index in [2.05, 4.69) is 5.32 Å². The van der Waals surface area contributed by atoms with E-state index in [9.17, 15) is 9.18 Å². The van der Waals surface area contributed by atoms with Crippen LogP contribution in [0.2, 0.25) is 0 Å². The number of benzene rings is 1. The van der Waals surface area contributed by atoms with Crippen LogP contribution in [0.15, 0.2) is 18.2 Å². The van der Waals surface area contributed by atoms with Gasteiger partial charge in [0.05, 0.1) is 0 Å². The molecule has 1 amide bonds. The van der Waals surface area contributed by atoms with Crippen LogP contribution in [0.1, 0.15) is 5.56 Å². The van der Waals surface area contributed by atoms with E-state index in [1.165, 1.54) is 12.1 Å². The molecule has 82 valence electrons. The molecule has 0 aromatic heterocycles. The molecule has 0 spiro atoms. The number of hydrogen-bond acceptors (Lipinski definition) is 3. The Balaban J connectivity index is 2.74. The Hall–Kier alpha value is -1.62. The lowest BCUT2D eigenvalue weighted by Crippen LogP contribution is -2.20. The second-order valence-corrected chi connectivity index (χ2v) is 3.08. The Morgan fingerprint density at radius 3 is 2.87 bits per heavy atom. The molecule has 3 N–H and O–H groups in total. The van der Waals surface area contributed by atoms with Gasteiger partial charge in [0, 0.05) is 12.6 Å². The summed E-state index contributed by atoms with van der Waals surface area (Å²) in [5.41, 5.74) is 5.65. The standard InChI is InChI=1S/C10H13FN2O2/c1-13-5-7-2-8(11)4-9(3-7)15-6-10(12)14/h2-4,13H,5-6H2,1H3,(H2,12,14). The van der Waals surface area contributed by atoms with Gasteiger partial charge in [0.1, 0.15) is 11.6 Å². The Morgan fingerprint density at radius 2 is 2.27 bits per heavy atom. The number of carbonyl (C=O) groups is 1. The van der Waals surface area contributed by atoms with Crippen LogP contribution in [0.5, 0.6) is 5.75 Å². The van der Waals surface area contributed by atoms with Crippen molar-refractivity contribution >= 4 is 5.91 Å². The average Bonchev–Trinajstić information content (AvgIpc) is 2.14. The highest BCUT2D eigenvalue weighted by Crippen LogP contribution is 2.16. The molecule has 0 heterocycles. The minimum Gasteiger partial charge on any atom is -0.484 e. The number of rotatable bonds is 5. The molecule has 0 atom stereocenters. The summed E-state index contributed by atoms with van der Waals surface area (Å²) in [6, 6.07) is 4.26. The molecule has 15 heavy (non-hydrogen) atoms. The SMILES string of the molecule is CNCc1cc(F)cc(OCC(N)=O)c1. The minimum atomic E-state index is -0.588. The van der Waals surface area contributed by atoms with E-state index in [1.807, 2.05) is 0 Å².